The molecule has 0 N–H and O–H groups in total. The highest BCUT2D eigenvalue weighted by atomic mass is 16.7. The second-order valence-corrected chi connectivity index (χ2v) is 5.48. The van der Waals surface area contributed by atoms with Gasteiger partial charge in [0.1, 0.15) is 0 Å². The number of unbranched alkanes of at least 4 members (excludes halogenated alkanes) is 3. The Labute approximate surface area is 105 Å². The number of methoxy groups -OCH3 is 1. The maximum absolute atomic E-state index is 5.98. The van der Waals surface area contributed by atoms with Gasteiger partial charge in [-0.05, 0) is 12.3 Å². The number of rotatable bonds is 6. The second-order valence-electron chi connectivity index (χ2n) is 5.48. The molecule has 3 heteroatoms. The fourth-order valence-corrected chi connectivity index (χ4v) is 3.14. The molecule has 2 aliphatic heterocycles. The van der Waals surface area contributed by atoms with Gasteiger partial charge in [-0.2, -0.15) is 0 Å². The molecule has 2 fully saturated rings. The monoisotopic (exact) mass is 242 g/mol. The fraction of sp³-hybridized carbons (Fsp3) is 1.00. The quantitative estimate of drug-likeness (QED) is 0.670. The number of hydrogen-bond acceptors (Lipinski definition) is 3. The molecule has 2 rings (SSSR count). The van der Waals surface area contributed by atoms with Crippen molar-refractivity contribution in [2.75, 3.05) is 13.7 Å². The molecule has 17 heavy (non-hydrogen) atoms. The summed E-state index contributed by atoms with van der Waals surface area (Å²) in [5, 5.41) is 0. The van der Waals surface area contributed by atoms with Crippen LogP contribution in [0.2, 0.25) is 0 Å². The zero-order valence-corrected chi connectivity index (χ0v) is 11.4. The Hall–Kier alpha value is -0.120. The van der Waals surface area contributed by atoms with Gasteiger partial charge in [-0.3, -0.25) is 0 Å². The van der Waals surface area contributed by atoms with Crippen molar-refractivity contribution in [3.63, 3.8) is 0 Å². The molecule has 3 nitrogen and oxygen atoms in total. The van der Waals surface area contributed by atoms with Crippen LogP contribution in [0.25, 0.3) is 0 Å². The summed E-state index contributed by atoms with van der Waals surface area (Å²) < 4.78 is 17.3. The average Bonchev–Trinajstić information content (AvgIpc) is 2.87. The van der Waals surface area contributed by atoms with E-state index in [1.165, 1.54) is 25.7 Å². The Morgan fingerprint density at radius 2 is 2.06 bits per heavy atom. The molecule has 0 aromatic heterocycles. The van der Waals surface area contributed by atoms with Crippen LogP contribution in [0.1, 0.15) is 46.0 Å². The SMILES string of the molecule is CCCCCC[C@H]1O[C@@H](OC)[C@@H]2[C@H]1OC[C@@H]2C. The molecule has 0 amide bonds. The van der Waals surface area contributed by atoms with Gasteiger partial charge in [-0.1, -0.05) is 39.5 Å². The van der Waals surface area contributed by atoms with Crippen LogP contribution in [0.15, 0.2) is 0 Å². The molecular formula is C14H26O3. The van der Waals surface area contributed by atoms with E-state index < -0.39 is 0 Å². The van der Waals surface area contributed by atoms with Gasteiger partial charge in [0.05, 0.1) is 18.8 Å². The van der Waals surface area contributed by atoms with Crippen molar-refractivity contribution in [2.45, 2.75) is 64.4 Å². The summed E-state index contributed by atoms with van der Waals surface area (Å²) in [4.78, 5) is 0. The van der Waals surface area contributed by atoms with E-state index in [2.05, 4.69) is 13.8 Å². The Morgan fingerprint density at radius 3 is 2.76 bits per heavy atom. The molecule has 2 saturated heterocycles. The largest absolute Gasteiger partial charge is 0.375 e. The lowest BCUT2D eigenvalue weighted by Gasteiger charge is -2.17. The average molecular weight is 242 g/mol. The van der Waals surface area contributed by atoms with Gasteiger partial charge in [0, 0.05) is 13.0 Å². The lowest BCUT2D eigenvalue weighted by atomic mass is 9.90. The predicted octanol–water partition coefficient (Wildman–Crippen LogP) is 2.98. The van der Waals surface area contributed by atoms with Gasteiger partial charge in [0.2, 0.25) is 0 Å². The van der Waals surface area contributed by atoms with Gasteiger partial charge < -0.3 is 14.2 Å². The second kappa shape index (κ2) is 6.17. The Morgan fingerprint density at radius 1 is 1.24 bits per heavy atom. The smallest absolute Gasteiger partial charge is 0.163 e. The van der Waals surface area contributed by atoms with Gasteiger partial charge in [-0.15, -0.1) is 0 Å². The molecule has 0 saturated carbocycles. The first-order chi connectivity index (χ1) is 8.27. The Balaban J connectivity index is 1.83. The normalized spacial score (nSPS) is 40.8. The van der Waals surface area contributed by atoms with E-state index in [9.17, 15) is 0 Å². The van der Waals surface area contributed by atoms with Gasteiger partial charge in [0.25, 0.3) is 0 Å². The third-order valence-corrected chi connectivity index (χ3v) is 4.15. The molecular weight excluding hydrogens is 216 g/mol. The Bertz CT molecular complexity index is 232. The molecule has 0 spiro atoms. The zero-order valence-electron chi connectivity index (χ0n) is 11.4. The highest BCUT2D eigenvalue weighted by Gasteiger charge is 2.51. The van der Waals surface area contributed by atoms with Gasteiger partial charge in [0.15, 0.2) is 6.29 Å². The molecule has 0 aromatic rings. The van der Waals surface area contributed by atoms with E-state index in [0.29, 0.717) is 11.8 Å². The summed E-state index contributed by atoms with van der Waals surface area (Å²) in [6.07, 6.45) is 6.76. The molecule has 2 aliphatic rings. The van der Waals surface area contributed by atoms with Crippen molar-refractivity contribution in [1.29, 1.82) is 0 Å². The summed E-state index contributed by atoms with van der Waals surface area (Å²) >= 11 is 0. The third-order valence-electron chi connectivity index (χ3n) is 4.15. The topological polar surface area (TPSA) is 27.7 Å². The van der Waals surface area contributed by atoms with Crippen LogP contribution in [-0.2, 0) is 14.2 Å². The van der Waals surface area contributed by atoms with Crippen molar-refractivity contribution in [3.8, 4) is 0 Å². The highest BCUT2D eigenvalue weighted by molar-refractivity contribution is 4.94. The van der Waals surface area contributed by atoms with Crippen LogP contribution >= 0.6 is 0 Å². The summed E-state index contributed by atoms with van der Waals surface area (Å²) in [6, 6.07) is 0. The molecule has 0 bridgehead atoms. The minimum atomic E-state index is -0.0475. The minimum absolute atomic E-state index is 0.0475. The predicted molar refractivity (Wildman–Crippen MR) is 66.8 cm³/mol. The van der Waals surface area contributed by atoms with Crippen molar-refractivity contribution in [3.05, 3.63) is 0 Å². The van der Waals surface area contributed by atoms with Crippen molar-refractivity contribution >= 4 is 0 Å². The van der Waals surface area contributed by atoms with E-state index in [0.717, 1.165) is 13.0 Å². The molecule has 0 radical (unpaired) electrons. The van der Waals surface area contributed by atoms with Crippen LogP contribution in [0.3, 0.4) is 0 Å². The molecule has 2 heterocycles. The van der Waals surface area contributed by atoms with E-state index in [1.54, 1.807) is 7.11 Å². The van der Waals surface area contributed by atoms with E-state index >= 15 is 0 Å². The zero-order chi connectivity index (χ0) is 12.3. The first kappa shape index (κ1) is 13.3. The molecule has 0 aliphatic carbocycles. The number of hydrogen-bond donors (Lipinski definition) is 0. The van der Waals surface area contributed by atoms with Crippen molar-refractivity contribution in [1.82, 2.24) is 0 Å². The summed E-state index contributed by atoms with van der Waals surface area (Å²) in [6.45, 7) is 5.34. The van der Waals surface area contributed by atoms with Crippen LogP contribution in [-0.4, -0.2) is 32.2 Å². The van der Waals surface area contributed by atoms with Crippen LogP contribution < -0.4 is 0 Å². The highest BCUT2D eigenvalue weighted by Crippen LogP contribution is 2.41. The van der Waals surface area contributed by atoms with Crippen LogP contribution in [0, 0.1) is 11.8 Å². The standard InChI is InChI=1S/C14H26O3/c1-4-5-6-7-8-11-13-12(10(2)9-16-13)14(15-3)17-11/h10-14H,4-9H2,1-3H3/t10-,11+,12-,13-,14+/m0/s1. The minimum Gasteiger partial charge on any atom is -0.375 e. The van der Waals surface area contributed by atoms with Crippen LogP contribution in [0.4, 0.5) is 0 Å². The maximum Gasteiger partial charge on any atom is 0.163 e. The lowest BCUT2D eigenvalue weighted by Crippen LogP contribution is -2.27. The van der Waals surface area contributed by atoms with Gasteiger partial charge >= 0.3 is 0 Å². The first-order valence-electron chi connectivity index (χ1n) is 7.07. The first-order valence-corrected chi connectivity index (χ1v) is 7.07. The maximum atomic E-state index is 5.98. The van der Waals surface area contributed by atoms with Crippen molar-refractivity contribution in [2.24, 2.45) is 11.8 Å². The van der Waals surface area contributed by atoms with E-state index in [-0.39, 0.29) is 18.5 Å². The summed E-state index contributed by atoms with van der Waals surface area (Å²) in [5.41, 5.74) is 0. The molecule has 100 valence electrons. The Kier molecular flexibility index (Phi) is 4.83. The molecule has 5 atom stereocenters. The van der Waals surface area contributed by atoms with Crippen molar-refractivity contribution < 1.29 is 14.2 Å². The number of ether oxygens (including phenoxy) is 3. The molecule has 0 unspecified atom stereocenters. The van der Waals surface area contributed by atoms with Crippen LogP contribution in [0.5, 0.6) is 0 Å². The van der Waals surface area contributed by atoms with Gasteiger partial charge in [-0.25, -0.2) is 0 Å². The summed E-state index contributed by atoms with van der Waals surface area (Å²) in [7, 11) is 1.74. The van der Waals surface area contributed by atoms with E-state index in [4.69, 9.17) is 14.2 Å². The van der Waals surface area contributed by atoms with E-state index in [1.807, 2.05) is 0 Å². The molecule has 0 aromatic carbocycles. The summed E-state index contributed by atoms with van der Waals surface area (Å²) in [5.74, 6) is 1.00. The lowest BCUT2D eigenvalue weighted by molar-refractivity contribution is -0.144. The number of fused-ring (bicyclic) bond motifs is 1. The third kappa shape index (κ3) is 2.83. The fourth-order valence-electron chi connectivity index (χ4n) is 3.14.